The van der Waals surface area contributed by atoms with E-state index in [1.165, 1.54) is 92.1 Å². The summed E-state index contributed by atoms with van der Waals surface area (Å²) in [4.78, 5) is 266. The average molecular weight is 2020 g/mol. The summed E-state index contributed by atoms with van der Waals surface area (Å²) in [6.07, 6.45) is 0.964. The van der Waals surface area contributed by atoms with Crippen molar-refractivity contribution in [2.45, 2.75) is 314 Å². The summed E-state index contributed by atoms with van der Waals surface area (Å²) in [6, 6.07) is -7.80. The van der Waals surface area contributed by atoms with Crippen molar-refractivity contribution >= 4 is 106 Å². The fraction of sp³-hybridized carbons (Fsp3) is 0.774. The molecule has 2 N–H and O–H groups in total. The van der Waals surface area contributed by atoms with Crippen molar-refractivity contribution < 1.29 is 144 Å². The summed E-state index contributed by atoms with van der Waals surface area (Å²) in [5.74, 6) is -20.0. The quantitative estimate of drug-likeness (QED) is 0.0190. The smallest absolute Gasteiger partial charge is 0.463 e. The van der Waals surface area contributed by atoms with Gasteiger partial charge in [-0.2, -0.15) is 0 Å². The number of carbonyl (C=O) groups is 18. The highest BCUT2D eigenvalue weighted by Gasteiger charge is 2.76. The van der Waals surface area contributed by atoms with Crippen LogP contribution in [0.1, 0.15) is 254 Å². The molecule has 0 bridgehead atoms. The highest BCUT2D eigenvalue weighted by atomic mass is 19.1. The molecular formula is C106H168FN7O29. The average Bonchev–Trinajstić information content (AvgIpc) is 1.56. The number of likely N-dealkylation sites (N-methyl/N-ethyl adjacent to an activating group) is 7. The molecule has 0 aromatic carbocycles. The van der Waals surface area contributed by atoms with Gasteiger partial charge < -0.3 is 87.1 Å². The molecule has 0 aromatic rings. The number of hydrogen-bond acceptors (Lipinski definition) is 29. The lowest BCUT2D eigenvalue weighted by atomic mass is 9.44. The molecule has 1 saturated heterocycles. The summed E-state index contributed by atoms with van der Waals surface area (Å²) >= 11 is 0. The van der Waals surface area contributed by atoms with Gasteiger partial charge in [-0.15, -0.1) is 0 Å². The Bertz CT molecular complexity index is 4510. The van der Waals surface area contributed by atoms with Gasteiger partial charge in [0.05, 0.1) is 90.1 Å². The van der Waals surface area contributed by atoms with Crippen molar-refractivity contribution in [1.82, 2.24) is 34.3 Å². The van der Waals surface area contributed by atoms with Crippen LogP contribution in [-0.4, -0.2) is 332 Å². The molecule has 20 atom stereocenters. The summed E-state index contributed by atoms with van der Waals surface area (Å²) in [6.45, 7) is 32.4. The number of halogens is 1. The lowest BCUT2D eigenvalue weighted by molar-refractivity contribution is -0.220. The van der Waals surface area contributed by atoms with Gasteiger partial charge in [0, 0.05) is 115 Å². The molecule has 5 rings (SSSR count). The number of aliphatic hydroxyl groups is 2. The Labute approximate surface area is 845 Å². The number of aliphatic hydroxyl groups excluding tert-OH is 1. The van der Waals surface area contributed by atoms with Gasteiger partial charge in [-0.3, -0.25) is 81.5 Å². The predicted molar refractivity (Wildman–Crippen MR) is 526 cm³/mol. The molecule has 3 saturated carbocycles. The fourth-order valence-electron chi connectivity index (χ4n) is 21.3. The first-order valence-electron chi connectivity index (χ1n) is 51.1. The van der Waals surface area contributed by atoms with E-state index in [2.05, 4.69) is 0 Å². The van der Waals surface area contributed by atoms with E-state index in [0.717, 1.165) is 9.80 Å². The van der Waals surface area contributed by atoms with Gasteiger partial charge in [0.2, 0.25) is 53.9 Å². The van der Waals surface area contributed by atoms with E-state index in [9.17, 15) is 77.3 Å². The number of alkyl halides is 1. The van der Waals surface area contributed by atoms with E-state index in [-0.39, 0.29) is 159 Å². The number of allylic oxidation sites excluding steroid dienone is 6. The first-order chi connectivity index (χ1) is 66.8. The number of nitrogens with zero attached hydrogens (tertiary/aromatic N) is 7. The van der Waals surface area contributed by atoms with Crippen molar-refractivity contribution in [2.24, 2.45) is 93.7 Å². The molecule has 4 aliphatic carbocycles. The van der Waals surface area contributed by atoms with Crippen molar-refractivity contribution in [1.29, 1.82) is 0 Å². The van der Waals surface area contributed by atoms with Crippen LogP contribution in [0.25, 0.3) is 0 Å². The van der Waals surface area contributed by atoms with Gasteiger partial charge >= 0.3 is 30.0 Å². The topological polar surface area (TPSA) is 453 Å². The standard InChI is InChI=1S/C106H168FN7O29/c1-28-30-31-68(15)95(143-102(133)142-61-141-92(126)37-35-90(124)139-47-45-137-43-41-135-40-42-136-44-46-138-89(123)34-36-91(125)140-60-87(121)106(134)71(18)54-77-76-33-32-73-56-74(115)38-39-103(73,19)105(76,107)86(120)58-104(77,106)20)94-85(119)55-72(29-2)97(128)108(21)59-88(122)109(22)78(48-62(3)4)84(118)57-75(66(11)12)98(129)110(23)79(49-63(5)6)83(117)52-69(16)82(116)53-70(17)96(127)111(24)80(50-64(7)8)99(130)112(25)81(51-65(9)10)100(131)113(26)93(67(13)14)101(132)114(94)27/h28,30,38-39,56,62-72,75-81,86,93-95,120,134H,29,31-37,40-55,57-61H2,1-27H3/b30-28+/t68-,69?,70?,71+,72?,75?,76?,77?,78+,79?,80?,81?,86?,93?,94?,95-,103+,104+,105+,106+/m1/s1. The Morgan fingerprint density at radius 3 is 1.48 bits per heavy atom. The second kappa shape index (κ2) is 56.4. The molecule has 12 unspecified atom stereocenters. The number of Topliss-reactive ketones (excluding diaryl/α,β-unsaturated/α-hetero) is 5. The largest absolute Gasteiger partial charge is 0.511 e. The van der Waals surface area contributed by atoms with Crippen LogP contribution in [0.4, 0.5) is 9.18 Å². The fourth-order valence-corrected chi connectivity index (χ4v) is 21.3. The van der Waals surface area contributed by atoms with Crippen LogP contribution < -0.4 is 0 Å². The van der Waals surface area contributed by atoms with Crippen LogP contribution in [0.5, 0.6) is 0 Å². The second-order valence-electron chi connectivity index (χ2n) is 43.0. The Kier molecular flexibility index (Phi) is 48.8. The summed E-state index contributed by atoms with van der Waals surface area (Å²) in [5, 5.41) is 23.9. The third-order valence-corrected chi connectivity index (χ3v) is 29.8. The number of ether oxygens (including phenoxy) is 9. The molecule has 0 spiro atoms. The SMILES string of the molecule is C/C=C/C[C@@H](C)[C@@H](OC(=O)OCOC(=O)CCC(=O)OCCOCCOCCOCCOC(=O)CCC(=O)OCC(=O)[C@@]1(O)[C@@H](C)CC2C3CCC4=CC(=O)C=C[C@]4(C)[C@@]3(F)C(O)C[C@@]21C)C1C(=O)CC(CC)C(=O)N(C)CC(=O)N(C)[C@@H](CC(C)C)C(=O)CC(C(C)C)C(=O)N(C)C(CC(C)C)C(=O)CC(C)C(=O)CC(C)C(=O)N(C)C(CC(C)C)C(=O)N(C)C(CC(C)C)C(=O)N(C)C(C(C)C)C(=O)N1C. The third kappa shape index (κ3) is 32.5. The highest BCUT2D eigenvalue weighted by Crippen LogP contribution is 2.71. The molecule has 808 valence electrons. The van der Waals surface area contributed by atoms with Crippen LogP contribution in [0.2, 0.25) is 0 Å². The first-order valence-corrected chi connectivity index (χ1v) is 51.1. The molecule has 143 heavy (non-hydrogen) atoms. The molecule has 1 heterocycles. The van der Waals surface area contributed by atoms with E-state index in [1.54, 1.807) is 95.2 Å². The molecule has 4 fully saturated rings. The Morgan fingerprint density at radius 2 is 0.972 bits per heavy atom. The van der Waals surface area contributed by atoms with Gasteiger partial charge in [0.1, 0.15) is 54.9 Å². The molecule has 7 amide bonds. The number of esters is 4. The van der Waals surface area contributed by atoms with E-state index in [1.807, 2.05) is 55.4 Å². The van der Waals surface area contributed by atoms with E-state index >= 15 is 23.6 Å². The van der Waals surface area contributed by atoms with Gasteiger partial charge in [0.25, 0.3) is 0 Å². The summed E-state index contributed by atoms with van der Waals surface area (Å²) in [5.41, 5.74) is -6.17. The maximum Gasteiger partial charge on any atom is 0.511 e. The van der Waals surface area contributed by atoms with Crippen molar-refractivity contribution in [3.8, 4) is 0 Å². The summed E-state index contributed by atoms with van der Waals surface area (Å²) < 4.78 is 66.2. The Hall–Kier alpha value is -9.59. The van der Waals surface area contributed by atoms with Crippen LogP contribution in [-0.2, 0) is 124 Å². The molecule has 0 radical (unpaired) electrons. The van der Waals surface area contributed by atoms with Crippen LogP contribution in [0.15, 0.2) is 36.0 Å². The molecule has 37 heteroatoms. The molecule has 1 aliphatic heterocycles. The lowest BCUT2D eigenvalue weighted by Gasteiger charge is -2.62. The lowest BCUT2D eigenvalue weighted by Crippen LogP contribution is -2.69. The van der Waals surface area contributed by atoms with Gasteiger partial charge in [-0.1, -0.05) is 148 Å². The monoisotopic (exact) mass is 2020 g/mol. The number of fused-ring (bicyclic) bond motifs is 5. The predicted octanol–water partition coefficient (Wildman–Crippen LogP) is 10.4. The third-order valence-electron chi connectivity index (χ3n) is 29.8. The Morgan fingerprint density at radius 1 is 0.510 bits per heavy atom. The van der Waals surface area contributed by atoms with E-state index in [0.29, 0.717) is 18.4 Å². The normalized spacial score (nSPS) is 28.8. The van der Waals surface area contributed by atoms with E-state index in [4.69, 9.17) is 42.6 Å². The van der Waals surface area contributed by atoms with Crippen molar-refractivity contribution in [2.75, 3.05) is 122 Å². The number of hydrogen-bond donors (Lipinski definition) is 2. The number of rotatable bonds is 39. The number of carbonyl (C=O) groups excluding carboxylic acids is 18. The van der Waals surface area contributed by atoms with Crippen LogP contribution >= 0.6 is 0 Å². The summed E-state index contributed by atoms with van der Waals surface area (Å²) in [7, 11) is 9.84. The zero-order valence-corrected chi connectivity index (χ0v) is 90.0. The molecule has 5 aliphatic rings. The second-order valence-corrected chi connectivity index (χ2v) is 43.0. The maximum absolute atomic E-state index is 17.6. The molecule has 36 nitrogen and oxygen atoms in total. The highest BCUT2D eigenvalue weighted by molar-refractivity contribution is 6.02. The maximum atomic E-state index is 17.6. The van der Waals surface area contributed by atoms with Gasteiger partial charge in [-0.25, -0.2) is 9.18 Å². The van der Waals surface area contributed by atoms with Crippen LogP contribution in [0, 0.1) is 93.7 Å². The molecule has 0 aromatic heterocycles. The van der Waals surface area contributed by atoms with E-state index < -0.39 is 276 Å². The zero-order valence-electron chi connectivity index (χ0n) is 90.0. The minimum absolute atomic E-state index is 0.0151. The van der Waals surface area contributed by atoms with Crippen molar-refractivity contribution in [3.63, 3.8) is 0 Å². The van der Waals surface area contributed by atoms with Gasteiger partial charge in [-0.05, 0) is 143 Å². The zero-order chi connectivity index (χ0) is 108. The number of amides is 7. The molecular weight excluding hydrogens is 1850 g/mol. The Balaban J connectivity index is 1.23. The van der Waals surface area contributed by atoms with Crippen molar-refractivity contribution in [3.05, 3.63) is 36.0 Å². The van der Waals surface area contributed by atoms with Gasteiger partial charge in [0.15, 0.2) is 35.4 Å². The minimum Gasteiger partial charge on any atom is -0.463 e. The van der Waals surface area contributed by atoms with Crippen LogP contribution in [0.3, 0.4) is 0 Å². The minimum atomic E-state index is -2.17. The first kappa shape index (κ1) is 124. The number of ketones is 6.